The van der Waals surface area contributed by atoms with Gasteiger partial charge in [0.15, 0.2) is 0 Å². The standard InChI is InChI=1S/C16H21NO2/c18-15(5-4-13-3-1-9-17-12-13)14-6-10-19-16(11-14)7-2-8-16/h1,3,9,12,14H,2,4-8,10-11H2. The Morgan fingerprint density at radius 1 is 1.47 bits per heavy atom. The van der Waals surface area contributed by atoms with Crippen molar-refractivity contribution in [3.63, 3.8) is 0 Å². The molecular weight excluding hydrogens is 238 g/mol. The van der Waals surface area contributed by atoms with Gasteiger partial charge in [-0.05, 0) is 50.2 Å². The van der Waals surface area contributed by atoms with Crippen LogP contribution in [0.4, 0.5) is 0 Å². The third-order valence-corrected chi connectivity index (χ3v) is 4.60. The molecule has 2 aliphatic rings. The maximum Gasteiger partial charge on any atom is 0.136 e. The average molecular weight is 259 g/mol. The Labute approximate surface area is 114 Å². The van der Waals surface area contributed by atoms with Gasteiger partial charge in [-0.15, -0.1) is 0 Å². The van der Waals surface area contributed by atoms with Crippen LogP contribution in [0.15, 0.2) is 24.5 Å². The second-order valence-electron chi connectivity index (χ2n) is 5.90. The molecule has 0 radical (unpaired) electrons. The first kappa shape index (κ1) is 12.8. The number of hydrogen-bond acceptors (Lipinski definition) is 3. The van der Waals surface area contributed by atoms with Gasteiger partial charge in [0, 0.05) is 31.3 Å². The van der Waals surface area contributed by atoms with Crippen LogP contribution >= 0.6 is 0 Å². The highest BCUT2D eigenvalue weighted by Crippen LogP contribution is 2.44. The van der Waals surface area contributed by atoms with Gasteiger partial charge in [0.05, 0.1) is 5.60 Å². The second-order valence-corrected chi connectivity index (χ2v) is 5.90. The molecule has 3 nitrogen and oxygen atoms in total. The SMILES string of the molecule is O=C(CCc1cccnc1)C1CCOC2(CCC2)C1. The van der Waals surface area contributed by atoms with E-state index in [1.165, 1.54) is 6.42 Å². The average Bonchev–Trinajstić information content (AvgIpc) is 2.44. The van der Waals surface area contributed by atoms with Gasteiger partial charge in [0.25, 0.3) is 0 Å². The predicted octanol–water partition coefficient (Wildman–Crippen LogP) is 2.93. The maximum absolute atomic E-state index is 12.3. The number of nitrogens with zero attached hydrogens (tertiary/aromatic N) is 1. The molecule has 1 aromatic rings. The topological polar surface area (TPSA) is 39.2 Å². The number of hydrogen-bond donors (Lipinski definition) is 0. The van der Waals surface area contributed by atoms with Gasteiger partial charge in [0.1, 0.15) is 5.78 Å². The first-order valence-corrected chi connectivity index (χ1v) is 7.33. The highest BCUT2D eigenvalue weighted by molar-refractivity contribution is 5.81. The summed E-state index contributed by atoms with van der Waals surface area (Å²) in [6, 6.07) is 3.97. The zero-order valence-corrected chi connectivity index (χ0v) is 11.3. The van der Waals surface area contributed by atoms with Crippen molar-refractivity contribution in [1.82, 2.24) is 4.98 Å². The van der Waals surface area contributed by atoms with E-state index < -0.39 is 0 Å². The van der Waals surface area contributed by atoms with E-state index in [0.717, 1.165) is 44.3 Å². The van der Waals surface area contributed by atoms with E-state index in [-0.39, 0.29) is 11.5 Å². The van der Waals surface area contributed by atoms with Crippen molar-refractivity contribution in [1.29, 1.82) is 0 Å². The van der Waals surface area contributed by atoms with E-state index in [9.17, 15) is 4.79 Å². The fraction of sp³-hybridized carbons (Fsp3) is 0.625. The van der Waals surface area contributed by atoms with Crippen LogP contribution in [0.3, 0.4) is 0 Å². The number of aromatic nitrogens is 1. The van der Waals surface area contributed by atoms with Crippen molar-refractivity contribution < 1.29 is 9.53 Å². The van der Waals surface area contributed by atoms with Crippen LogP contribution in [0.1, 0.15) is 44.1 Å². The van der Waals surface area contributed by atoms with Crippen molar-refractivity contribution in [2.75, 3.05) is 6.61 Å². The molecule has 0 amide bonds. The molecule has 3 rings (SSSR count). The Hall–Kier alpha value is -1.22. The molecule has 0 aromatic carbocycles. The first-order chi connectivity index (χ1) is 9.27. The molecule has 0 bridgehead atoms. The van der Waals surface area contributed by atoms with Crippen molar-refractivity contribution in [3.8, 4) is 0 Å². The molecule has 1 spiro atoms. The molecule has 1 aliphatic carbocycles. The van der Waals surface area contributed by atoms with Crippen molar-refractivity contribution in [3.05, 3.63) is 30.1 Å². The third-order valence-electron chi connectivity index (χ3n) is 4.60. The molecule has 1 saturated heterocycles. The van der Waals surface area contributed by atoms with Gasteiger partial charge in [-0.2, -0.15) is 0 Å². The van der Waals surface area contributed by atoms with Gasteiger partial charge in [-0.3, -0.25) is 9.78 Å². The van der Waals surface area contributed by atoms with Gasteiger partial charge in [0.2, 0.25) is 0 Å². The maximum atomic E-state index is 12.3. The highest BCUT2D eigenvalue weighted by Gasteiger charge is 2.43. The van der Waals surface area contributed by atoms with Crippen molar-refractivity contribution in [2.45, 2.75) is 50.5 Å². The van der Waals surface area contributed by atoms with E-state index in [1.54, 1.807) is 6.20 Å². The molecule has 2 heterocycles. The summed E-state index contributed by atoms with van der Waals surface area (Å²) in [7, 11) is 0. The van der Waals surface area contributed by atoms with E-state index in [4.69, 9.17) is 4.74 Å². The van der Waals surface area contributed by atoms with Gasteiger partial charge in [-0.1, -0.05) is 6.07 Å². The number of carbonyl (C=O) groups is 1. The second kappa shape index (κ2) is 5.41. The molecular formula is C16H21NO2. The summed E-state index contributed by atoms with van der Waals surface area (Å²) in [5, 5.41) is 0. The molecule has 1 aromatic heterocycles. The van der Waals surface area contributed by atoms with E-state index in [2.05, 4.69) is 4.98 Å². The van der Waals surface area contributed by atoms with Crippen LogP contribution in [0, 0.1) is 5.92 Å². The minimum Gasteiger partial charge on any atom is -0.375 e. The molecule has 2 fully saturated rings. The van der Waals surface area contributed by atoms with Gasteiger partial charge >= 0.3 is 0 Å². The number of Topliss-reactive ketones (excluding diaryl/α,β-unsaturated/α-hetero) is 1. The Morgan fingerprint density at radius 2 is 2.37 bits per heavy atom. The lowest BCUT2D eigenvalue weighted by molar-refractivity contribution is -0.155. The van der Waals surface area contributed by atoms with Crippen LogP contribution in [0.5, 0.6) is 0 Å². The first-order valence-electron chi connectivity index (χ1n) is 7.33. The molecule has 1 aliphatic heterocycles. The summed E-state index contributed by atoms with van der Waals surface area (Å²) >= 11 is 0. The van der Waals surface area contributed by atoms with Gasteiger partial charge in [-0.25, -0.2) is 0 Å². The molecule has 3 heteroatoms. The molecule has 0 N–H and O–H groups in total. The quantitative estimate of drug-likeness (QED) is 0.834. The van der Waals surface area contributed by atoms with Crippen LogP contribution < -0.4 is 0 Å². The van der Waals surface area contributed by atoms with Crippen LogP contribution in [0.2, 0.25) is 0 Å². The van der Waals surface area contributed by atoms with Crippen molar-refractivity contribution in [2.24, 2.45) is 5.92 Å². The molecule has 1 unspecified atom stereocenters. The smallest absolute Gasteiger partial charge is 0.136 e. The zero-order valence-electron chi connectivity index (χ0n) is 11.3. The lowest BCUT2D eigenvalue weighted by Gasteiger charge is -2.46. The van der Waals surface area contributed by atoms with Crippen molar-refractivity contribution >= 4 is 5.78 Å². The van der Waals surface area contributed by atoms with Crippen LogP contribution in [-0.2, 0) is 16.0 Å². The minimum absolute atomic E-state index is 0.0763. The lowest BCUT2D eigenvalue weighted by Crippen LogP contribution is -2.47. The molecule has 19 heavy (non-hydrogen) atoms. The van der Waals surface area contributed by atoms with Gasteiger partial charge < -0.3 is 4.74 Å². The molecule has 1 atom stereocenters. The number of carbonyl (C=O) groups excluding carboxylic acids is 1. The third kappa shape index (κ3) is 2.86. The van der Waals surface area contributed by atoms with Crippen LogP contribution in [0.25, 0.3) is 0 Å². The van der Waals surface area contributed by atoms with E-state index >= 15 is 0 Å². The van der Waals surface area contributed by atoms with Crippen LogP contribution in [-0.4, -0.2) is 23.0 Å². The summed E-state index contributed by atoms with van der Waals surface area (Å²) in [5.41, 5.74) is 1.23. The summed E-state index contributed by atoms with van der Waals surface area (Å²) in [6.45, 7) is 0.767. The molecule has 102 valence electrons. The molecule has 1 saturated carbocycles. The Balaban J connectivity index is 1.52. The summed E-state index contributed by atoms with van der Waals surface area (Å²) < 4.78 is 5.88. The highest BCUT2D eigenvalue weighted by atomic mass is 16.5. The largest absolute Gasteiger partial charge is 0.375 e. The monoisotopic (exact) mass is 259 g/mol. The fourth-order valence-corrected chi connectivity index (χ4v) is 3.24. The Morgan fingerprint density at radius 3 is 3.05 bits per heavy atom. The number of aryl methyl sites for hydroxylation is 1. The van der Waals surface area contributed by atoms with E-state index in [1.807, 2.05) is 18.3 Å². The fourth-order valence-electron chi connectivity index (χ4n) is 3.24. The minimum atomic E-state index is 0.0763. The summed E-state index contributed by atoms with van der Waals surface area (Å²) in [5.74, 6) is 0.643. The number of ketones is 1. The Bertz CT molecular complexity index is 439. The number of rotatable bonds is 4. The lowest BCUT2D eigenvalue weighted by atomic mass is 9.71. The predicted molar refractivity (Wildman–Crippen MR) is 72.8 cm³/mol. The summed E-state index contributed by atoms with van der Waals surface area (Å²) in [6.07, 6.45) is 10.5. The number of pyridine rings is 1. The normalized spacial score (nSPS) is 24.9. The zero-order chi connectivity index (χ0) is 13.1. The Kier molecular flexibility index (Phi) is 3.65. The number of ether oxygens (including phenoxy) is 1. The summed E-state index contributed by atoms with van der Waals surface area (Å²) in [4.78, 5) is 16.4. The van der Waals surface area contributed by atoms with E-state index in [0.29, 0.717) is 12.2 Å².